The van der Waals surface area contributed by atoms with Gasteiger partial charge in [-0.2, -0.15) is 0 Å². The Bertz CT molecular complexity index is 664. The molecule has 1 aromatic carbocycles. The van der Waals surface area contributed by atoms with E-state index in [9.17, 15) is 9.59 Å². The summed E-state index contributed by atoms with van der Waals surface area (Å²) in [4.78, 5) is 24.7. The number of benzene rings is 1. The van der Waals surface area contributed by atoms with Crippen molar-refractivity contribution >= 4 is 40.1 Å². The molecule has 0 atom stereocenters. The summed E-state index contributed by atoms with van der Waals surface area (Å²) in [6.45, 7) is 0. The van der Waals surface area contributed by atoms with E-state index in [2.05, 4.69) is 4.98 Å². The van der Waals surface area contributed by atoms with Crippen molar-refractivity contribution in [1.82, 2.24) is 4.98 Å². The second-order valence-electron chi connectivity index (χ2n) is 3.55. The van der Waals surface area contributed by atoms with E-state index in [1.165, 1.54) is 12.1 Å². The summed E-state index contributed by atoms with van der Waals surface area (Å²) in [7, 11) is 0. The Labute approximate surface area is 106 Å². The molecule has 1 heterocycles. The summed E-state index contributed by atoms with van der Waals surface area (Å²) in [5.41, 5.74) is 0.278. The lowest BCUT2D eigenvalue weighted by molar-refractivity contribution is -0.136. The zero-order valence-electron chi connectivity index (χ0n) is 8.46. The molecule has 4 nitrogen and oxygen atoms in total. The minimum atomic E-state index is -1.06. The molecule has 0 radical (unpaired) electrons. The maximum absolute atomic E-state index is 11.6. The summed E-state index contributed by atoms with van der Waals surface area (Å²) in [5.74, 6) is -1.06. The first-order valence-corrected chi connectivity index (χ1v) is 5.45. The van der Waals surface area contributed by atoms with Crippen molar-refractivity contribution in [2.75, 3.05) is 0 Å². The van der Waals surface area contributed by atoms with Gasteiger partial charge in [-0.3, -0.25) is 9.59 Å². The van der Waals surface area contributed by atoms with Crippen molar-refractivity contribution in [3.63, 3.8) is 0 Å². The number of aromatic amines is 1. The molecule has 0 bridgehead atoms. The zero-order valence-corrected chi connectivity index (χ0v) is 9.97. The molecule has 0 unspecified atom stereocenters. The largest absolute Gasteiger partial charge is 0.481 e. The van der Waals surface area contributed by atoms with E-state index in [1.54, 1.807) is 6.07 Å². The van der Waals surface area contributed by atoms with Gasteiger partial charge in [-0.25, -0.2) is 0 Å². The summed E-state index contributed by atoms with van der Waals surface area (Å²) in [5, 5.41) is 10.00. The van der Waals surface area contributed by atoms with Gasteiger partial charge in [-0.05, 0) is 18.2 Å². The third kappa shape index (κ3) is 2.43. The molecule has 0 spiro atoms. The number of pyridine rings is 1. The average molecular weight is 272 g/mol. The van der Waals surface area contributed by atoms with Crippen molar-refractivity contribution in [1.29, 1.82) is 0 Å². The van der Waals surface area contributed by atoms with Crippen LogP contribution in [-0.2, 0) is 11.2 Å². The fraction of sp³-hybridized carbons (Fsp3) is 0.0909. The van der Waals surface area contributed by atoms with Crippen LogP contribution in [0, 0.1) is 0 Å². The number of rotatable bonds is 2. The summed E-state index contributed by atoms with van der Waals surface area (Å²) < 4.78 is 0. The van der Waals surface area contributed by atoms with Crippen LogP contribution in [0.25, 0.3) is 10.9 Å². The first-order chi connectivity index (χ1) is 7.97. The second-order valence-corrected chi connectivity index (χ2v) is 4.36. The van der Waals surface area contributed by atoms with Crippen molar-refractivity contribution in [3.8, 4) is 0 Å². The highest BCUT2D eigenvalue weighted by molar-refractivity contribution is 6.42. The van der Waals surface area contributed by atoms with Gasteiger partial charge in [0.25, 0.3) is 5.56 Å². The van der Waals surface area contributed by atoms with E-state index >= 15 is 0 Å². The summed E-state index contributed by atoms with van der Waals surface area (Å²) in [6.07, 6.45) is -0.328. The second kappa shape index (κ2) is 4.39. The number of nitrogens with one attached hydrogen (secondary N) is 1. The van der Waals surface area contributed by atoms with Gasteiger partial charge >= 0.3 is 5.97 Å². The van der Waals surface area contributed by atoms with E-state index in [4.69, 9.17) is 28.3 Å². The number of halogens is 2. The minimum absolute atomic E-state index is 0.184. The van der Waals surface area contributed by atoms with Gasteiger partial charge in [-0.1, -0.05) is 23.2 Å². The van der Waals surface area contributed by atoms with Crippen LogP contribution in [0.15, 0.2) is 23.0 Å². The first-order valence-electron chi connectivity index (χ1n) is 4.70. The van der Waals surface area contributed by atoms with Gasteiger partial charge in [0.05, 0.1) is 16.5 Å². The van der Waals surface area contributed by atoms with Gasteiger partial charge in [0.15, 0.2) is 0 Å². The quantitative estimate of drug-likeness (QED) is 0.882. The molecule has 0 saturated heterocycles. The Kier molecular flexibility index (Phi) is 3.09. The Morgan fingerprint density at radius 1 is 1.24 bits per heavy atom. The van der Waals surface area contributed by atoms with E-state index in [-0.39, 0.29) is 12.0 Å². The van der Waals surface area contributed by atoms with Gasteiger partial charge in [0.1, 0.15) is 0 Å². The highest BCUT2D eigenvalue weighted by atomic mass is 35.5. The predicted molar refractivity (Wildman–Crippen MR) is 65.9 cm³/mol. The molecule has 1 aromatic heterocycles. The molecule has 0 aliphatic rings. The predicted octanol–water partition coefficient (Wildman–Crippen LogP) is 2.46. The number of fused-ring (bicyclic) bond motifs is 1. The first kappa shape index (κ1) is 12.0. The lowest BCUT2D eigenvalue weighted by Gasteiger charge is -2.03. The highest BCUT2D eigenvalue weighted by Crippen LogP contribution is 2.26. The fourth-order valence-electron chi connectivity index (χ4n) is 1.54. The molecular weight excluding hydrogens is 265 g/mol. The van der Waals surface area contributed by atoms with E-state index in [1.807, 2.05) is 0 Å². The number of aliphatic carboxylic acids is 1. The van der Waals surface area contributed by atoms with Crippen LogP contribution in [0.5, 0.6) is 0 Å². The average Bonchev–Trinajstić information content (AvgIpc) is 2.22. The number of carboxylic acid groups (broad SMARTS) is 1. The number of carboxylic acids is 1. The zero-order chi connectivity index (χ0) is 12.6. The third-order valence-corrected chi connectivity index (χ3v) is 3.03. The van der Waals surface area contributed by atoms with Crippen LogP contribution in [0.2, 0.25) is 10.0 Å². The van der Waals surface area contributed by atoms with Crippen LogP contribution in [0.1, 0.15) is 5.56 Å². The van der Waals surface area contributed by atoms with E-state index in [0.29, 0.717) is 20.9 Å². The van der Waals surface area contributed by atoms with Crippen LogP contribution >= 0.6 is 23.2 Å². The smallest absolute Gasteiger partial charge is 0.308 e. The monoisotopic (exact) mass is 271 g/mol. The van der Waals surface area contributed by atoms with Crippen LogP contribution in [0.4, 0.5) is 0 Å². The van der Waals surface area contributed by atoms with Gasteiger partial charge in [0.2, 0.25) is 0 Å². The summed E-state index contributed by atoms with van der Waals surface area (Å²) >= 11 is 11.7. The molecule has 0 saturated carbocycles. The SMILES string of the molecule is O=C(O)Cc1cc2cc(Cl)c(Cl)cc2[nH]c1=O. The fourth-order valence-corrected chi connectivity index (χ4v) is 1.88. The molecule has 2 N–H and O–H groups in total. The Morgan fingerprint density at radius 3 is 2.53 bits per heavy atom. The number of hydrogen-bond donors (Lipinski definition) is 2. The number of H-pyrrole nitrogens is 1. The van der Waals surface area contributed by atoms with Gasteiger partial charge in [0, 0.05) is 16.5 Å². The Morgan fingerprint density at radius 2 is 1.88 bits per heavy atom. The van der Waals surface area contributed by atoms with Gasteiger partial charge < -0.3 is 10.1 Å². The van der Waals surface area contributed by atoms with Crippen LogP contribution < -0.4 is 5.56 Å². The number of hydrogen-bond acceptors (Lipinski definition) is 2. The number of aromatic nitrogens is 1. The molecule has 2 aromatic rings. The van der Waals surface area contributed by atoms with Crippen molar-refractivity contribution in [2.45, 2.75) is 6.42 Å². The van der Waals surface area contributed by atoms with Crippen LogP contribution in [0.3, 0.4) is 0 Å². The van der Waals surface area contributed by atoms with Crippen molar-refractivity contribution < 1.29 is 9.90 Å². The topological polar surface area (TPSA) is 70.2 Å². The lowest BCUT2D eigenvalue weighted by Crippen LogP contribution is -2.15. The molecular formula is C11H7Cl2NO3. The Hall–Kier alpha value is -1.52. The standard InChI is InChI=1S/C11H7Cl2NO3/c12-7-2-5-1-6(3-10(15)16)11(17)14-9(5)4-8(7)13/h1-2,4H,3H2,(H,14,17)(H,15,16). The van der Waals surface area contributed by atoms with Gasteiger partial charge in [-0.15, -0.1) is 0 Å². The maximum Gasteiger partial charge on any atom is 0.308 e. The van der Waals surface area contributed by atoms with Crippen molar-refractivity contribution in [2.24, 2.45) is 0 Å². The van der Waals surface area contributed by atoms with E-state index < -0.39 is 11.5 Å². The van der Waals surface area contributed by atoms with E-state index in [0.717, 1.165) is 0 Å². The van der Waals surface area contributed by atoms with Crippen molar-refractivity contribution in [3.05, 3.63) is 44.2 Å². The molecule has 0 aliphatic heterocycles. The van der Waals surface area contributed by atoms with Crippen LogP contribution in [-0.4, -0.2) is 16.1 Å². The lowest BCUT2D eigenvalue weighted by atomic mass is 10.1. The normalized spacial score (nSPS) is 10.7. The molecule has 17 heavy (non-hydrogen) atoms. The molecule has 6 heteroatoms. The number of carbonyl (C=O) groups is 1. The molecule has 0 amide bonds. The maximum atomic E-state index is 11.6. The minimum Gasteiger partial charge on any atom is -0.481 e. The molecule has 88 valence electrons. The summed E-state index contributed by atoms with van der Waals surface area (Å²) in [6, 6.07) is 4.62. The molecule has 0 fully saturated rings. The Balaban J connectivity index is 2.67. The molecule has 0 aliphatic carbocycles. The highest BCUT2D eigenvalue weighted by Gasteiger charge is 2.08. The third-order valence-electron chi connectivity index (χ3n) is 2.30. The molecule has 2 rings (SSSR count).